The highest BCUT2D eigenvalue weighted by Gasteiger charge is 2.29. The lowest BCUT2D eigenvalue weighted by Gasteiger charge is -2.19. The molecule has 1 heterocycles. The summed E-state index contributed by atoms with van der Waals surface area (Å²) in [5.41, 5.74) is 6.78. The first-order valence-corrected chi connectivity index (χ1v) is 5.80. The second-order valence-corrected chi connectivity index (χ2v) is 4.83. The summed E-state index contributed by atoms with van der Waals surface area (Å²) in [7, 11) is 0. The number of carbonyl (C=O) groups is 1. The molecule has 1 aliphatic heterocycles. The Kier molecular flexibility index (Phi) is 2.99. The minimum Gasteiger partial charge on any atom is -0.326 e. The average Bonchev–Trinajstić information content (AvgIpc) is 2.55. The number of amides is 1. The molecule has 16 heavy (non-hydrogen) atoms. The molecule has 0 aliphatic carbocycles. The Morgan fingerprint density at radius 2 is 2.25 bits per heavy atom. The van der Waals surface area contributed by atoms with Crippen molar-refractivity contribution in [2.75, 3.05) is 11.4 Å². The van der Waals surface area contributed by atoms with E-state index in [2.05, 4.69) is 15.9 Å². The van der Waals surface area contributed by atoms with Crippen LogP contribution in [0.25, 0.3) is 0 Å². The van der Waals surface area contributed by atoms with Crippen molar-refractivity contribution in [2.24, 2.45) is 5.73 Å². The van der Waals surface area contributed by atoms with Gasteiger partial charge in [-0.2, -0.15) is 0 Å². The maximum Gasteiger partial charge on any atom is 0.228 e. The van der Waals surface area contributed by atoms with E-state index in [1.54, 1.807) is 24.0 Å². The van der Waals surface area contributed by atoms with Crippen molar-refractivity contribution < 1.29 is 9.18 Å². The molecule has 1 saturated heterocycles. The van der Waals surface area contributed by atoms with Crippen molar-refractivity contribution in [2.45, 2.75) is 19.4 Å². The number of hydrogen-bond acceptors (Lipinski definition) is 2. The van der Waals surface area contributed by atoms with Crippen LogP contribution in [0.1, 0.15) is 12.0 Å². The van der Waals surface area contributed by atoms with Crippen LogP contribution in [-0.2, 0) is 4.79 Å². The molecule has 3 nitrogen and oxygen atoms in total. The lowest BCUT2D eigenvalue weighted by atomic mass is 10.1. The fourth-order valence-electron chi connectivity index (χ4n) is 1.90. The lowest BCUT2D eigenvalue weighted by Crippen LogP contribution is -2.28. The molecule has 1 unspecified atom stereocenters. The Balaban J connectivity index is 2.42. The SMILES string of the molecule is Cc1c(N2CC(N)CC2=O)ccc(Br)c1F. The summed E-state index contributed by atoms with van der Waals surface area (Å²) in [6, 6.07) is 3.19. The molecule has 1 atom stereocenters. The molecule has 0 spiro atoms. The molecule has 0 radical (unpaired) electrons. The van der Waals surface area contributed by atoms with E-state index in [0.29, 0.717) is 28.7 Å². The third-order valence-corrected chi connectivity index (χ3v) is 3.37. The minimum atomic E-state index is -0.328. The monoisotopic (exact) mass is 286 g/mol. The predicted octanol–water partition coefficient (Wildman–Crippen LogP) is 1.96. The second-order valence-electron chi connectivity index (χ2n) is 3.97. The van der Waals surface area contributed by atoms with Crippen molar-refractivity contribution >= 4 is 27.5 Å². The van der Waals surface area contributed by atoms with Crippen LogP contribution in [0, 0.1) is 12.7 Å². The maximum atomic E-state index is 13.7. The fraction of sp³-hybridized carbons (Fsp3) is 0.364. The van der Waals surface area contributed by atoms with Gasteiger partial charge in [0.1, 0.15) is 5.82 Å². The Morgan fingerprint density at radius 3 is 2.81 bits per heavy atom. The van der Waals surface area contributed by atoms with Gasteiger partial charge >= 0.3 is 0 Å². The first-order chi connectivity index (χ1) is 7.50. The summed E-state index contributed by atoms with van der Waals surface area (Å²) in [5.74, 6) is -0.372. The van der Waals surface area contributed by atoms with E-state index in [4.69, 9.17) is 5.73 Å². The van der Waals surface area contributed by atoms with Gasteiger partial charge in [0.2, 0.25) is 5.91 Å². The fourth-order valence-corrected chi connectivity index (χ4v) is 2.33. The molecule has 5 heteroatoms. The van der Waals surface area contributed by atoms with Crippen LogP contribution in [0.3, 0.4) is 0 Å². The Bertz CT molecular complexity index is 450. The van der Waals surface area contributed by atoms with Gasteiger partial charge in [0.25, 0.3) is 0 Å². The molecular formula is C11H12BrFN2O. The highest BCUT2D eigenvalue weighted by atomic mass is 79.9. The maximum absolute atomic E-state index is 13.7. The number of hydrogen-bond donors (Lipinski definition) is 1. The molecule has 0 aromatic heterocycles. The number of anilines is 1. The number of nitrogens with two attached hydrogens (primary N) is 1. The number of benzene rings is 1. The molecule has 1 amide bonds. The Morgan fingerprint density at radius 1 is 1.56 bits per heavy atom. The summed E-state index contributed by atoms with van der Waals surface area (Å²) in [6.45, 7) is 2.12. The number of nitrogens with zero attached hydrogens (tertiary/aromatic N) is 1. The zero-order valence-electron chi connectivity index (χ0n) is 8.84. The van der Waals surface area contributed by atoms with Gasteiger partial charge in [-0.3, -0.25) is 4.79 Å². The zero-order chi connectivity index (χ0) is 11.9. The molecular weight excluding hydrogens is 275 g/mol. The first-order valence-electron chi connectivity index (χ1n) is 5.01. The van der Waals surface area contributed by atoms with E-state index in [9.17, 15) is 9.18 Å². The molecule has 1 aromatic rings. The minimum absolute atomic E-state index is 0.0441. The van der Waals surface area contributed by atoms with E-state index < -0.39 is 0 Å². The number of rotatable bonds is 1. The van der Waals surface area contributed by atoms with Gasteiger partial charge < -0.3 is 10.6 Å². The van der Waals surface area contributed by atoms with Crippen LogP contribution in [0.5, 0.6) is 0 Å². The molecule has 2 N–H and O–H groups in total. The smallest absolute Gasteiger partial charge is 0.228 e. The zero-order valence-corrected chi connectivity index (χ0v) is 10.4. The summed E-state index contributed by atoms with van der Waals surface area (Å²) >= 11 is 3.11. The third-order valence-electron chi connectivity index (χ3n) is 2.76. The molecule has 1 aliphatic rings. The number of carbonyl (C=O) groups excluding carboxylic acids is 1. The van der Waals surface area contributed by atoms with E-state index in [1.807, 2.05) is 0 Å². The number of halogens is 2. The molecule has 2 rings (SSSR count). The van der Waals surface area contributed by atoms with Crippen molar-refractivity contribution in [1.29, 1.82) is 0 Å². The second kappa shape index (κ2) is 4.14. The highest BCUT2D eigenvalue weighted by Crippen LogP contribution is 2.30. The van der Waals surface area contributed by atoms with Gasteiger partial charge in [-0.15, -0.1) is 0 Å². The molecule has 0 saturated carbocycles. The molecule has 0 bridgehead atoms. The lowest BCUT2D eigenvalue weighted by molar-refractivity contribution is -0.117. The standard InChI is InChI=1S/C11H12BrFN2O/c1-6-9(3-2-8(12)11(6)13)15-5-7(14)4-10(15)16/h2-3,7H,4-5,14H2,1H3. The van der Waals surface area contributed by atoms with Crippen LogP contribution in [0.15, 0.2) is 16.6 Å². The molecule has 1 fully saturated rings. The quantitative estimate of drug-likeness (QED) is 0.858. The largest absolute Gasteiger partial charge is 0.326 e. The van der Waals surface area contributed by atoms with Crippen molar-refractivity contribution in [1.82, 2.24) is 0 Å². The van der Waals surface area contributed by atoms with Gasteiger partial charge in [-0.1, -0.05) is 0 Å². The normalized spacial score (nSPS) is 20.6. The van der Waals surface area contributed by atoms with Crippen molar-refractivity contribution in [3.8, 4) is 0 Å². The summed E-state index contributed by atoms with van der Waals surface area (Å²) in [4.78, 5) is 13.2. The topological polar surface area (TPSA) is 46.3 Å². The van der Waals surface area contributed by atoms with Crippen LogP contribution in [0.4, 0.5) is 10.1 Å². The van der Waals surface area contributed by atoms with E-state index in [-0.39, 0.29) is 17.8 Å². The van der Waals surface area contributed by atoms with Crippen molar-refractivity contribution in [3.05, 3.63) is 28.0 Å². The van der Waals surface area contributed by atoms with Crippen LogP contribution < -0.4 is 10.6 Å². The summed E-state index contributed by atoms with van der Waals surface area (Å²) in [5, 5.41) is 0. The molecule has 86 valence electrons. The average molecular weight is 287 g/mol. The van der Waals surface area contributed by atoms with Gasteiger partial charge in [-0.05, 0) is 35.0 Å². The van der Waals surface area contributed by atoms with Crippen LogP contribution >= 0.6 is 15.9 Å². The van der Waals surface area contributed by atoms with Crippen LogP contribution in [-0.4, -0.2) is 18.5 Å². The van der Waals surface area contributed by atoms with Crippen LogP contribution in [0.2, 0.25) is 0 Å². The van der Waals surface area contributed by atoms with E-state index >= 15 is 0 Å². The van der Waals surface area contributed by atoms with E-state index in [0.717, 1.165) is 0 Å². The third kappa shape index (κ3) is 1.85. The molecule has 1 aromatic carbocycles. The van der Waals surface area contributed by atoms with Gasteiger partial charge in [0, 0.05) is 30.3 Å². The predicted molar refractivity (Wildman–Crippen MR) is 63.8 cm³/mol. The summed E-state index contributed by atoms with van der Waals surface area (Å²) < 4.78 is 14.1. The Labute approximate surface area is 102 Å². The van der Waals surface area contributed by atoms with E-state index in [1.165, 1.54) is 0 Å². The van der Waals surface area contributed by atoms with Gasteiger partial charge in [-0.25, -0.2) is 4.39 Å². The Hall–Kier alpha value is -0.940. The van der Waals surface area contributed by atoms with Crippen molar-refractivity contribution in [3.63, 3.8) is 0 Å². The first kappa shape index (κ1) is 11.5. The van der Waals surface area contributed by atoms with Gasteiger partial charge in [0.05, 0.1) is 4.47 Å². The van der Waals surface area contributed by atoms with Gasteiger partial charge in [0.15, 0.2) is 0 Å². The summed E-state index contributed by atoms with van der Waals surface area (Å²) in [6.07, 6.45) is 0.330. The highest BCUT2D eigenvalue weighted by molar-refractivity contribution is 9.10.